The zero-order valence-electron chi connectivity index (χ0n) is 15.4. The molecule has 0 radical (unpaired) electrons. The third-order valence-corrected chi connectivity index (χ3v) is 4.62. The lowest BCUT2D eigenvalue weighted by atomic mass is 10.2. The van der Waals surface area contributed by atoms with E-state index in [2.05, 4.69) is 15.3 Å². The number of carbonyl (C=O) groups is 1. The lowest BCUT2D eigenvalue weighted by molar-refractivity contribution is 0.0157. The first kappa shape index (κ1) is 18.3. The van der Waals surface area contributed by atoms with Crippen LogP contribution < -0.4 is 5.32 Å². The van der Waals surface area contributed by atoms with Crippen LogP contribution in [-0.4, -0.2) is 35.3 Å². The van der Waals surface area contributed by atoms with E-state index in [1.807, 2.05) is 12.1 Å². The molecule has 7 heteroatoms. The first-order chi connectivity index (χ1) is 13.6. The Morgan fingerprint density at radius 2 is 2.04 bits per heavy atom. The van der Waals surface area contributed by atoms with Crippen LogP contribution in [0, 0.1) is 12.7 Å². The third-order valence-electron chi connectivity index (χ3n) is 4.62. The lowest BCUT2D eigenvalue weighted by Crippen LogP contribution is -2.19. The molecule has 1 N–H and O–H groups in total. The largest absolute Gasteiger partial charge is 0.458 e. The van der Waals surface area contributed by atoms with Gasteiger partial charge in [0.05, 0.1) is 17.1 Å². The first-order valence-corrected chi connectivity index (χ1v) is 9.19. The van der Waals surface area contributed by atoms with Gasteiger partial charge in [0.15, 0.2) is 11.5 Å². The Morgan fingerprint density at radius 1 is 1.25 bits per heavy atom. The average Bonchev–Trinajstić information content (AvgIpc) is 3.22. The Morgan fingerprint density at radius 3 is 2.75 bits per heavy atom. The summed E-state index contributed by atoms with van der Waals surface area (Å²) in [6, 6.07) is 12.0. The number of benzene rings is 2. The summed E-state index contributed by atoms with van der Waals surface area (Å²) in [6.45, 7) is 2.54. The molecule has 1 aliphatic heterocycles. The van der Waals surface area contributed by atoms with Crippen LogP contribution in [0.4, 0.5) is 15.9 Å². The van der Waals surface area contributed by atoms with Crippen molar-refractivity contribution in [3.05, 3.63) is 59.5 Å². The maximum atomic E-state index is 13.9. The van der Waals surface area contributed by atoms with Gasteiger partial charge in [-0.3, -0.25) is 0 Å². The summed E-state index contributed by atoms with van der Waals surface area (Å²) in [5.41, 5.74) is 2.25. The molecule has 2 heterocycles. The van der Waals surface area contributed by atoms with Gasteiger partial charge in [-0.1, -0.05) is 18.2 Å². The molecule has 1 saturated heterocycles. The second-order valence-electron chi connectivity index (χ2n) is 6.73. The maximum absolute atomic E-state index is 13.9. The SMILES string of the molecule is Cc1ccc(Nc2nc3ccccc3nc2C(=O)OC[C@@H]2CCCO2)cc1F. The minimum atomic E-state index is -0.594. The zero-order valence-corrected chi connectivity index (χ0v) is 15.4. The molecule has 0 aliphatic carbocycles. The van der Waals surface area contributed by atoms with Crippen LogP contribution in [0.25, 0.3) is 11.0 Å². The van der Waals surface area contributed by atoms with Crippen molar-refractivity contribution in [1.82, 2.24) is 9.97 Å². The van der Waals surface area contributed by atoms with E-state index in [9.17, 15) is 9.18 Å². The van der Waals surface area contributed by atoms with Crippen LogP contribution in [-0.2, 0) is 9.47 Å². The number of halogens is 1. The third kappa shape index (κ3) is 3.94. The number of nitrogens with one attached hydrogen (secondary N) is 1. The van der Waals surface area contributed by atoms with E-state index in [4.69, 9.17) is 9.47 Å². The Labute approximate surface area is 161 Å². The van der Waals surface area contributed by atoms with Crippen LogP contribution in [0.3, 0.4) is 0 Å². The van der Waals surface area contributed by atoms with Gasteiger partial charge < -0.3 is 14.8 Å². The fraction of sp³-hybridized carbons (Fsp3) is 0.286. The van der Waals surface area contributed by atoms with Gasteiger partial charge in [0.2, 0.25) is 0 Å². The monoisotopic (exact) mass is 381 g/mol. The quantitative estimate of drug-likeness (QED) is 0.669. The molecule has 3 aromatic rings. The van der Waals surface area contributed by atoms with Crippen molar-refractivity contribution in [1.29, 1.82) is 0 Å². The van der Waals surface area contributed by atoms with Gasteiger partial charge >= 0.3 is 5.97 Å². The summed E-state index contributed by atoms with van der Waals surface area (Å²) in [7, 11) is 0. The highest BCUT2D eigenvalue weighted by atomic mass is 19.1. The van der Waals surface area contributed by atoms with E-state index < -0.39 is 5.97 Å². The smallest absolute Gasteiger partial charge is 0.360 e. The molecule has 4 rings (SSSR count). The predicted molar refractivity (Wildman–Crippen MR) is 103 cm³/mol. The van der Waals surface area contributed by atoms with E-state index in [1.54, 1.807) is 31.2 Å². The molecule has 1 aliphatic rings. The van der Waals surface area contributed by atoms with E-state index in [0.29, 0.717) is 28.9 Å². The Kier molecular flexibility index (Phi) is 5.16. The molecule has 1 aromatic heterocycles. The first-order valence-electron chi connectivity index (χ1n) is 9.19. The molecule has 0 bridgehead atoms. The number of fused-ring (bicyclic) bond motifs is 1. The number of anilines is 2. The zero-order chi connectivity index (χ0) is 19.5. The molecule has 0 unspecified atom stereocenters. The van der Waals surface area contributed by atoms with E-state index in [-0.39, 0.29) is 30.0 Å². The highest BCUT2D eigenvalue weighted by molar-refractivity contribution is 5.96. The fourth-order valence-corrected chi connectivity index (χ4v) is 3.05. The molecule has 0 amide bonds. The van der Waals surface area contributed by atoms with Crippen molar-refractivity contribution in [3.8, 4) is 0 Å². The van der Waals surface area contributed by atoms with Crippen LogP contribution in [0.15, 0.2) is 42.5 Å². The predicted octanol–water partition coefficient (Wildman–Crippen LogP) is 4.16. The second-order valence-corrected chi connectivity index (χ2v) is 6.73. The number of rotatable bonds is 5. The molecule has 1 atom stereocenters. The van der Waals surface area contributed by atoms with Gasteiger partial charge in [-0.15, -0.1) is 0 Å². The number of aromatic nitrogens is 2. The summed E-state index contributed by atoms with van der Waals surface area (Å²) in [5, 5.41) is 3.00. The van der Waals surface area contributed by atoms with Crippen LogP contribution in [0.1, 0.15) is 28.9 Å². The van der Waals surface area contributed by atoms with E-state index >= 15 is 0 Å². The topological polar surface area (TPSA) is 73.3 Å². The van der Waals surface area contributed by atoms with Crippen LogP contribution >= 0.6 is 0 Å². The molecule has 0 spiro atoms. The summed E-state index contributed by atoms with van der Waals surface area (Å²) in [6.07, 6.45) is 1.74. The molecule has 2 aromatic carbocycles. The van der Waals surface area contributed by atoms with Gasteiger partial charge in [-0.2, -0.15) is 0 Å². The number of hydrogen-bond donors (Lipinski definition) is 1. The van der Waals surface area contributed by atoms with Gasteiger partial charge in [0, 0.05) is 12.3 Å². The fourth-order valence-electron chi connectivity index (χ4n) is 3.05. The van der Waals surface area contributed by atoms with Crippen LogP contribution in [0.2, 0.25) is 0 Å². The van der Waals surface area contributed by atoms with Crippen LogP contribution in [0.5, 0.6) is 0 Å². The molecule has 6 nitrogen and oxygen atoms in total. The Bertz CT molecular complexity index is 1020. The van der Waals surface area contributed by atoms with E-state index in [1.165, 1.54) is 6.07 Å². The summed E-state index contributed by atoms with van der Waals surface area (Å²) >= 11 is 0. The molecule has 28 heavy (non-hydrogen) atoms. The van der Waals surface area contributed by atoms with Crippen molar-refractivity contribution in [2.24, 2.45) is 0 Å². The van der Waals surface area contributed by atoms with Gasteiger partial charge in [-0.05, 0) is 49.6 Å². The minimum Gasteiger partial charge on any atom is -0.458 e. The minimum absolute atomic E-state index is 0.0534. The number of carbonyl (C=O) groups excluding carboxylic acids is 1. The van der Waals surface area contributed by atoms with Gasteiger partial charge in [0.25, 0.3) is 0 Å². The molecular weight excluding hydrogens is 361 g/mol. The van der Waals surface area contributed by atoms with Crippen molar-refractivity contribution in [3.63, 3.8) is 0 Å². The summed E-state index contributed by atoms with van der Waals surface area (Å²) < 4.78 is 24.8. The second kappa shape index (κ2) is 7.90. The van der Waals surface area contributed by atoms with Crippen molar-refractivity contribution >= 4 is 28.5 Å². The van der Waals surface area contributed by atoms with Crippen molar-refractivity contribution < 1.29 is 18.7 Å². The van der Waals surface area contributed by atoms with Crippen molar-refractivity contribution in [2.45, 2.75) is 25.9 Å². The number of aryl methyl sites for hydroxylation is 1. The van der Waals surface area contributed by atoms with Crippen molar-refractivity contribution in [2.75, 3.05) is 18.5 Å². The number of esters is 1. The number of para-hydroxylation sites is 2. The highest BCUT2D eigenvalue weighted by Crippen LogP contribution is 2.23. The number of hydrogen-bond acceptors (Lipinski definition) is 6. The summed E-state index contributed by atoms with van der Waals surface area (Å²) in [5.74, 6) is -0.718. The normalized spacial score (nSPS) is 16.3. The summed E-state index contributed by atoms with van der Waals surface area (Å²) in [4.78, 5) is 21.6. The highest BCUT2D eigenvalue weighted by Gasteiger charge is 2.22. The van der Waals surface area contributed by atoms with E-state index in [0.717, 1.165) is 12.8 Å². The molecule has 1 fully saturated rings. The number of nitrogens with zero attached hydrogens (tertiary/aromatic N) is 2. The van der Waals surface area contributed by atoms with Gasteiger partial charge in [-0.25, -0.2) is 19.2 Å². The Hall–Kier alpha value is -3.06. The molecule has 144 valence electrons. The standard InChI is InChI=1S/C21H20FN3O3/c1-13-8-9-14(11-16(13)22)23-20-19(21(26)28-12-15-5-4-10-27-15)24-17-6-2-3-7-18(17)25-20/h2-3,6-9,11,15H,4-5,10,12H2,1H3,(H,23,25)/t15-/m0/s1. The maximum Gasteiger partial charge on any atom is 0.360 e. The Balaban J connectivity index is 1.65. The number of ether oxygens (including phenoxy) is 2. The lowest BCUT2D eigenvalue weighted by Gasteiger charge is -2.13. The van der Waals surface area contributed by atoms with Gasteiger partial charge in [0.1, 0.15) is 12.4 Å². The molecular formula is C21H20FN3O3. The molecule has 0 saturated carbocycles. The average molecular weight is 381 g/mol.